The third kappa shape index (κ3) is 13.5. The minimum atomic E-state index is -0.531. The molecule has 0 aromatic heterocycles. The van der Waals surface area contributed by atoms with Crippen LogP contribution in [-0.2, 0) is 4.79 Å². The first-order valence-corrected chi connectivity index (χ1v) is 7.63. The Morgan fingerprint density at radius 3 is 1.83 bits per heavy atom. The van der Waals surface area contributed by atoms with Crippen molar-refractivity contribution < 1.29 is 9.90 Å². The van der Waals surface area contributed by atoms with Gasteiger partial charge in [0.1, 0.15) is 0 Å². The molecule has 0 spiro atoms. The highest BCUT2D eigenvalue weighted by atomic mass is 16.3. The van der Waals surface area contributed by atoms with Gasteiger partial charge in [-0.25, -0.2) is 0 Å². The van der Waals surface area contributed by atoms with E-state index in [4.69, 9.17) is 5.73 Å². The number of carbonyl (C=O) groups is 1. The molecule has 0 bridgehead atoms. The lowest BCUT2D eigenvalue weighted by atomic mass is 10.0. The fourth-order valence-corrected chi connectivity index (χ4v) is 2.20. The van der Waals surface area contributed by atoms with E-state index in [2.05, 4.69) is 6.92 Å². The Kier molecular flexibility index (Phi) is 12.5. The summed E-state index contributed by atoms with van der Waals surface area (Å²) in [6.07, 6.45) is 13.2. The van der Waals surface area contributed by atoms with E-state index in [0.29, 0.717) is 6.42 Å². The summed E-state index contributed by atoms with van der Waals surface area (Å²) >= 11 is 0. The molecule has 0 aromatic rings. The molecule has 0 aliphatic rings. The number of aliphatic hydroxyl groups is 1. The van der Waals surface area contributed by atoms with E-state index in [-0.39, 0.29) is 6.42 Å². The van der Waals surface area contributed by atoms with Gasteiger partial charge in [0.05, 0.1) is 12.5 Å². The van der Waals surface area contributed by atoms with Gasteiger partial charge >= 0.3 is 0 Å². The third-order valence-electron chi connectivity index (χ3n) is 3.33. The number of hydrogen-bond acceptors (Lipinski definition) is 2. The molecule has 0 aliphatic heterocycles. The summed E-state index contributed by atoms with van der Waals surface area (Å²) in [6.45, 7) is 2.24. The van der Waals surface area contributed by atoms with Crippen molar-refractivity contribution in [2.75, 3.05) is 0 Å². The van der Waals surface area contributed by atoms with Crippen molar-refractivity contribution in [3.05, 3.63) is 0 Å². The molecule has 0 saturated carbocycles. The first kappa shape index (κ1) is 17.4. The lowest BCUT2D eigenvalue weighted by Crippen LogP contribution is -2.19. The van der Waals surface area contributed by atoms with Gasteiger partial charge in [0.2, 0.25) is 5.91 Å². The zero-order chi connectivity index (χ0) is 13.6. The molecule has 0 fully saturated rings. The Hall–Kier alpha value is -0.570. The number of amides is 1. The zero-order valence-corrected chi connectivity index (χ0v) is 12.0. The second-order valence-corrected chi connectivity index (χ2v) is 5.29. The molecule has 3 nitrogen and oxygen atoms in total. The highest BCUT2D eigenvalue weighted by molar-refractivity contribution is 5.74. The van der Waals surface area contributed by atoms with Gasteiger partial charge < -0.3 is 10.8 Å². The minimum absolute atomic E-state index is 0.109. The van der Waals surface area contributed by atoms with E-state index in [0.717, 1.165) is 12.8 Å². The van der Waals surface area contributed by atoms with Crippen LogP contribution in [-0.4, -0.2) is 17.1 Å². The van der Waals surface area contributed by atoms with Crippen LogP contribution in [0.25, 0.3) is 0 Å². The van der Waals surface area contributed by atoms with Gasteiger partial charge in [-0.05, 0) is 6.42 Å². The van der Waals surface area contributed by atoms with Crippen LogP contribution in [0.2, 0.25) is 0 Å². The molecule has 0 heterocycles. The van der Waals surface area contributed by atoms with Gasteiger partial charge in [-0.2, -0.15) is 0 Å². The average molecular weight is 257 g/mol. The maximum Gasteiger partial charge on any atom is 0.220 e. The van der Waals surface area contributed by atoms with E-state index in [1.165, 1.54) is 51.4 Å². The maximum atomic E-state index is 10.6. The Labute approximate surface area is 112 Å². The summed E-state index contributed by atoms with van der Waals surface area (Å²) in [5.41, 5.74) is 5.01. The number of carbonyl (C=O) groups excluding carboxylic acids is 1. The van der Waals surface area contributed by atoms with Crippen LogP contribution in [0.4, 0.5) is 0 Å². The van der Waals surface area contributed by atoms with Crippen LogP contribution in [0.1, 0.15) is 84.0 Å². The molecule has 0 saturated heterocycles. The molecule has 3 N–H and O–H groups in total. The molecular weight excluding hydrogens is 226 g/mol. The Morgan fingerprint density at radius 1 is 0.944 bits per heavy atom. The molecular formula is C15H31NO2. The maximum absolute atomic E-state index is 10.6. The summed E-state index contributed by atoms with van der Waals surface area (Å²) in [5.74, 6) is -0.408. The smallest absolute Gasteiger partial charge is 0.220 e. The summed E-state index contributed by atoms with van der Waals surface area (Å²) < 4.78 is 0. The Morgan fingerprint density at radius 2 is 1.39 bits per heavy atom. The van der Waals surface area contributed by atoms with E-state index < -0.39 is 12.0 Å². The quantitative estimate of drug-likeness (QED) is 0.496. The lowest BCUT2D eigenvalue weighted by Gasteiger charge is -2.07. The first-order chi connectivity index (χ1) is 8.66. The molecule has 108 valence electrons. The molecule has 18 heavy (non-hydrogen) atoms. The zero-order valence-electron chi connectivity index (χ0n) is 12.0. The normalized spacial score (nSPS) is 12.6. The molecule has 1 atom stereocenters. The fourth-order valence-electron chi connectivity index (χ4n) is 2.20. The molecule has 0 unspecified atom stereocenters. The molecule has 3 heteroatoms. The van der Waals surface area contributed by atoms with E-state index in [1.807, 2.05) is 0 Å². The van der Waals surface area contributed by atoms with Crippen LogP contribution in [0.3, 0.4) is 0 Å². The van der Waals surface area contributed by atoms with Crippen LogP contribution in [0, 0.1) is 0 Å². The third-order valence-corrected chi connectivity index (χ3v) is 3.33. The predicted octanol–water partition coefficient (Wildman–Crippen LogP) is 3.53. The van der Waals surface area contributed by atoms with Crippen molar-refractivity contribution >= 4 is 5.91 Å². The van der Waals surface area contributed by atoms with Gasteiger partial charge in [-0.1, -0.05) is 71.1 Å². The van der Waals surface area contributed by atoms with Gasteiger partial charge in [-0.15, -0.1) is 0 Å². The number of rotatable bonds is 13. The Balaban J connectivity index is 3.09. The van der Waals surface area contributed by atoms with Gasteiger partial charge in [0.15, 0.2) is 0 Å². The molecule has 0 aliphatic carbocycles. The Bertz CT molecular complexity index is 195. The molecule has 1 amide bonds. The summed E-state index contributed by atoms with van der Waals surface area (Å²) in [6, 6.07) is 0. The van der Waals surface area contributed by atoms with Gasteiger partial charge in [0.25, 0.3) is 0 Å². The van der Waals surface area contributed by atoms with E-state index in [1.54, 1.807) is 0 Å². The van der Waals surface area contributed by atoms with Crippen molar-refractivity contribution in [1.29, 1.82) is 0 Å². The summed E-state index contributed by atoms with van der Waals surface area (Å²) in [5, 5.41) is 9.44. The van der Waals surface area contributed by atoms with Crippen molar-refractivity contribution in [3.63, 3.8) is 0 Å². The average Bonchev–Trinajstić information content (AvgIpc) is 2.30. The summed E-state index contributed by atoms with van der Waals surface area (Å²) in [4.78, 5) is 10.6. The van der Waals surface area contributed by atoms with Crippen LogP contribution in [0.15, 0.2) is 0 Å². The van der Waals surface area contributed by atoms with Gasteiger partial charge in [0, 0.05) is 0 Å². The van der Waals surface area contributed by atoms with Crippen LogP contribution in [0.5, 0.6) is 0 Å². The van der Waals surface area contributed by atoms with Crippen molar-refractivity contribution in [2.24, 2.45) is 5.73 Å². The van der Waals surface area contributed by atoms with E-state index in [9.17, 15) is 9.90 Å². The topological polar surface area (TPSA) is 63.3 Å². The minimum Gasteiger partial charge on any atom is -0.393 e. The molecule has 0 radical (unpaired) electrons. The first-order valence-electron chi connectivity index (χ1n) is 7.63. The molecule has 0 aromatic carbocycles. The van der Waals surface area contributed by atoms with Crippen LogP contribution >= 0.6 is 0 Å². The number of hydrogen-bond donors (Lipinski definition) is 2. The number of aliphatic hydroxyl groups excluding tert-OH is 1. The number of primary amides is 1. The monoisotopic (exact) mass is 257 g/mol. The SMILES string of the molecule is CCCCCCCCCCCC[C@@H](O)CC(N)=O. The number of nitrogens with two attached hydrogens (primary N) is 1. The standard InChI is InChI=1S/C15H31NO2/c1-2-3-4-5-6-7-8-9-10-11-12-14(17)13-15(16)18/h14,17H,2-13H2,1H3,(H2,16,18)/t14-/m1/s1. The van der Waals surface area contributed by atoms with Crippen molar-refractivity contribution in [3.8, 4) is 0 Å². The van der Waals surface area contributed by atoms with Crippen LogP contribution < -0.4 is 5.73 Å². The highest BCUT2D eigenvalue weighted by Gasteiger charge is 2.06. The van der Waals surface area contributed by atoms with E-state index >= 15 is 0 Å². The second kappa shape index (κ2) is 12.9. The lowest BCUT2D eigenvalue weighted by molar-refractivity contribution is -0.119. The van der Waals surface area contributed by atoms with Crippen molar-refractivity contribution in [1.82, 2.24) is 0 Å². The predicted molar refractivity (Wildman–Crippen MR) is 76.3 cm³/mol. The van der Waals surface area contributed by atoms with Crippen molar-refractivity contribution in [2.45, 2.75) is 90.1 Å². The van der Waals surface area contributed by atoms with Gasteiger partial charge in [-0.3, -0.25) is 4.79 Å². The second-order valence-electron chi connectivity index (χ2n) is 5.29. The summed E-state index contributed by atoms with van der Waals surface area (Å²) in [7, 11) is 0. The number of unbranched alkanes of at least 4 members (excludes halogenated alkanes) is 9. The highest BCUT2D eigenvalue weighted by Crippen LogP contribution is 2.12. The largest absolute Gasteiger partial charge is 0.393 e. The molecule has 0 rings (SSSR count). The fraction of sp³-hybridized carbons (Fsp3) is 0.933.